The normalized spacial score (nSPS) is 29.6. The van der Waals surface area contributed by atoms with Crippen molar-refractivity contribution in [1.29, 1.82) is 0 Å². The van der Waals surface area contributed by atoms with Gasteiger partial charge in [0.15, 0.2) is 0 Å². The number of ether oxygens (including phenoxy) is 3. The minimum atomic E-state index is -0.920. The molecule has 1 aromatic carbocycles. The van der Waals surface area contributed by atoms with Gasteiger partial charge in [0, 0.05) is 12.7 Å². The van der Waals surface area contributed by atoms with Gasteiger partial charge in [0.1, 0.15) is 5.75 Å². The second-order valence-corrected chi connectivity index (χ2v) is 10.3. The van der Waals surface area contributed by atoms with Crippen LogP contribution >= 0.6 is 0 Å². The second kappa shape index (κ2) is 10.5. The lowest BCUT2D eigenvalue weighted by Crippen LogP contribution is -2.48. The molecule has 0 spiro atoms. The molecule has 4 aliphatic rings. The van der Waals surface area contributed by atoms with Crippen molar-refractivity contribution in [3.63, 3.8) is 0 Å². The van der Waals surface area contributed by atoms with Crippen LogP contribution in [0.2, 0.25) is 0 Å². The van der Waals surface area contributed by atoms with Crippen molar-refractivity contribution in [1.82, 2.24) is 0 Å². The molecule has 0 radical (unpaired) electrons. The van der Waals surface area contributed by atoms with E-state index < -0.39 is 12.4 Å². The number of rotatable bonds is 10. The highest BCUT2D eigenvalue weighted by Crippen LogP contribution is 2.62. The van der Waals surface area contributed by atoms with E-state index in [1.807, 2.05) is 57.2 Å². The fourth-order valence-electron chi connectivity index (χ4n) is 6.95. The summed E-state index contributed by atoms with van der Waals surface area (Å²) < 4.78 is 17.3. The molecule has 0 aromatic heterocycles. The van der Waals surface area contributed by atoms with E-state index in [-0.39, 0.29) is 5.41 Å². The van der Waals surface area contributed by atoms with Gasteiger partial charge in [-0.15, -0.1) is 0 Å². The Morgan fingerprint density at radius 2 is 1.79 bits per heavy atom. The maximum atomic E-state index is 12.3. The van der Waals surface area contributed by atoms with Crippen molar-refractivity contribution >= 4 is 11.5 Å². The molecule has 1 unspecified atom stereocenters. The number of hydrogen-bond acceptors (Lipinski definition) is 4. The van der Waals surface area contributed by atoms with Crippen molar-refractivity contribution in [3.8, 4) is 5.75 Å². The van der Waals surface area contributed by atoms with Crippen LogP contribution in [0.3, 0.4) is 0 Å². The van der Waals surface area contributed by atoms with Gasteiger partial charge < -0.3 is 19.3 Å². The van der Waals surface area contributed by atoms with Gasteiger partial charge in [-0.3, -0.25) is 0 Å². The van der Waals surface area contributed by atoms with Gasteiger partial charge in [-0.25, -0.2) is 4.79 Å². The molecular weight excluding hydrogens is 428 g/mol. The van der Waals surface area contributed by atoms with Crippen molar-refractivity contribution < 1.29 is 24.1 Å². The number of hydrogen-bond donors (Lipinski definition) is 1. The molecule has 0 aliphatic heterocycles. The first-order chi connectivity index (χ1) is 16.4. The fraction of sp³-hybridized carbons (Fsp3) is 0.552. The third-order valence-electron chi connectivity index (χ3n) is 7.85. The lowest BCUT2D eigenvalue weighted by atomic mass is 9.48. The van der Waals surface area contributed by atoms with Crippen LogP contribution in [-0.2, 0) is 19.7 Å². The first-order valence-electron chi connectivity index (χ1n) is 12.6. The standard InChI is InChI=1S/C29H38O5/c1-5-7-8-9-19(3)26(27(30)31)23-10-11-25(34-28(32-4)33-6-2)24(15-23)29-16-20-12-21(17-29)14-22(13-20)18-29/h5,7-11,15,20-22,28H,6,12-14,16-18H2,1-4H3,(H,30,31). The van der Waals surface area contributed by atoms with Gasteiger partial charge in [0.2, 0.25) is 0 Å². The van der Waals surface area contributed by atoms with Gasteiger partial charge in [0.05, 0.1) is 12.2 Å². The molecule has 4 fully saturated rings. The van der Waals surface area contributed by atoms with E-state index in [1.54, 1.807) is 7.11 Å². The number of allylic oxidation sites excluding steroid dienone is 5. The Balaban J connectivity index is 1.81. The third kappa shape index (κ3) is 5.01. The molecule has 34 heavy (non-hydrogen) atoms. The molecular formula is C29H38O5. The van der Waals surface area contributed by atoms with E-state index in [2.05, 4.69) is 6.07 Å². The molecule has 0 heterocycles. The molecule has 184 valence electrons. The van der Waals surface area contributed by atoms with E-state index in [1.165, 1.54) is 19.3 Å². The molecule has 5 rings (SSSR count). The number of carboxylic acids is 1. The summed E-state index contributed by atoms with van der Waals surface area (Å²) >= 11 is 0. The van der Waals surface area contributed by atoms with E-state index in [4.69, 9.17) is 14.2 Å². The van der Waals surface area contributed by atoms with E-state index in [0.29, 0.717) is 12.2 Å². The fourth-order valence-corrected chi connectivity index (χ4v) is 6.95. The topological polar surface area (TPSA) is 65.0 Å². The average molecular weight is 467 g/mol. The highest BCUT2D eigenvalue weighted by atomic mass is 16.8. The van der Waals surface area contributed by atoms with Crippen molar-refractivity contribution in [2.75, 3.05) is 13.7 Å². The summed E-state index contributed by atoms with van der Waals surface area (Å²) in [5.41, 5.74) is 2.92. The summed E-state index contributed by atoms with van der Waals surface area (Å²) in [5.74, 6) is 2.10. The van der Waals surface area contributed by atoms with Crippen LogP contribution < -0.4 is 4.74 Å². The van der Waals surface area contributed by atoms with Crippen LogP contribution in [0, 0.1) is 17.8 Å². The maximum Gasteiger partial charge on any atom is 0.336 e. The molecule has 4 aliphatic carbocycles. The zero-order valence-corrected chi connectivity index (χ0v) is 20.9. The number of methoxy groups -OCH3 is 1. The van der Waals surface area contributed by atoms with Gasteiger partial charge in [0.25, 0.3) is 0 Å². The van der Waals surface area contributed by atoms with Crippen LogP contribution in [0.25, 0.3) is 5.57 Å². The summed E-state index contributed by atoms with van der Waals surface area (Å²) in [6.07, 6.45) is 15.0. The number of carboxylic acid groups (broad SMARTS) is 1. The lowest BCUT2D eigenvalue weighted by molar-refractivity contribution is -0.231. The van der Waals surface area contributed by atoms with Gasteiger partial charge >= 0.3 is 12.4 Å². The second-order valence-electron chi connectivity index (χ2n) is 10.3. The summed E-state index contributed by atoms with van der Waals surface area (Å²) in [5, 5.41) is 10.1. The predicted molar refractivity (Wildman–Crippen MR) is 134 cm³/mol. The molecule has 4 saturated carbocycles. The summed E-state index contributed by atoms with van der Waals surface area (Å²) in [7, 11) is 1.57. The van der Waals surface area contributed by atoms with Crippen molar-refractivity contribution in [2.45, 2.75) is 71.2 Å². The molecule has 0 saturated heterocycles. The third-order valence-corrected chi connectivity index (χ3v) is 7.85. The molecule has 0 amide bonds. The highest BCUT2D eigenvalue weighted by molar-refractivity contribution is 6.17. The zero-order valence-electron chi connectivity index (χ0n) is 20.9. The SMILES string of the molecule is CC=CC=CC(C)=C(C(=O)O)c1ccc(OC(OC)OCC)c(C23CC4CC(CC(C4)C2)C3)c1. The number of carbonyl (C=O) groups is 1. The Morgan fingerprint density at radius 1 is 1.15 bits per heavy atom. The zero-order chi connectivity index (χ0) is 24.3. The van der Waals surface area contributed by atoms with Gasteiger partial charge in [-0.1, -0.05) is 30.4 Å². The Bertz CT molecular complexity index is 951. The molecule has 5 nitrogen and oxygen atoms in total. The minimum Gasteiger partial charge on any atom is -0.478 e. The van der Waals surface area contributed by atoms with Gasteiger partial charge in [-0.2, -0.15) is 0 Å². The number of aliphatic carboxylic acids is 1. The van der Waals surface area contributed by atoms with E-state index >= 15 is 0 Å². The molecule has 5 heteroatoms. The Labute approximate surface area is 203 Å². The van der Waals surface area contributed by atoms with Crippen LogP contribution in [0.4, 0.5) is 0 Å². The Hall–Kier alpha value is -2.37. The molecule has 1 aromatic rings. The van der Waals surface area contributed by atoms with E-state index in [0.717, 1.165) is 59.5 Å². The summed E-state index contributed by atoms with van der Waals surface area (Å²) in [4.78, 5) is 12.3. The van der Waals surface area contributed by atoms with Crippen molar-refractivity contribution in [2.24, 2.45) is 17.8 Å². The van der Waals surface area contributed by atoms with Crippen LogP contribution in [0.15, 0.2) is 48.1 Å². The maximum absolute atomic E-state index is 12.3. The quantitative estimate of drug-likeness (QED) is 0.243. The Morgan fingerprint density at radius 3 is 2.32 bits per heavy atom. The highest BCUT2D eigenvalue weighted by Gasteiger charge is 2.52. The van der Waals surface area contributed by atoms with Gasteiger partial charge in [-0.05, 0) is 106 Å². The number of benzene rings is 1. The predicted octanol–water partition coefficient (Wildman–Crippen LogP) is 6.49. The largest absolute Gasteiger partial charge is 0.478 e. The average Bonchev–Trinajstić information content (AvgIpc) is 2.78. The summed E-state index contributed by atoms with van der Waals surface area (Å²) in [6, 6.07) is 5.85. The monoisotopic (exact) mass is 466 g/mol. The van der Waals surface area contributed by atoms with Crippen LogP contribution in [-0.4, -0.2) is 31.3 Å². The van der Waals surface area contributed by atoms with E-state index in [9.17, 15) is 9.90 Å². The Kier molecular flexibility index (Phi) is 7.63. The van der Waals surface area contributed by atoms with Crippen LogP contribution in [0.1, 0.15) is 70.4 Å². The minimum absolute atomic E-state index is 0.0307. The molecule has 1 atom stereocenters. The molecule has 1 N–H and O–H groups in total. The lowest BCUT2D eigenvalue weighted by Gasteiger charge is -2.57. The van der Waals surface area contributed by atoms with Crippen LogP contribution in [0.5, 0.6) is 5.75 Å². The first-order valence-corrected chi connectivity index (χ1v) is 12.6. The van der Waals surface area contributed by atoms with Crippen molar-refractivity contribution in [3.05, 3.63) is 59.2 Å². The smallest absolute Gasteiger partial charge is 0.336 e. The first kappa shape index (κ1) is 24.7. The molecule has 4 bridgehead atoms. The summed E-state index contributed by atoms with van der Waals surface area (Å²) in [6.45, 7) is 5.39.